The van der Waals surface area contributed by atoms with Crippen molar-refractivity contribution >= 4 is 29.0 Å². The molecule has 1 rings (SSSR count). The second kappa shape index (κ2) is 3.80. The molecule has 1 aromatic rings. The molecule has 0 fully saturated rings. The summed E-state index contributed by atoms with van der Waals surface area (Å²) in [7, 11) is 0. The van der Waals surface area contributed by atoms with Crippen LogP contribution in [0.1, 0.15) is 10.4 Å². The molecule has 0 aliphatic rings. The first-order valence-electron chi connectivity index (χ1n) is 3.07. The lowest BCUT2D eigenvalue weighted by atomic mass is 10.2. The van der Waals surface area contributed by atoms with E-state index in [0.29, 0.717) is 0 Å². The highest BCUT2D eigenvalue weighted by Crippen LogP contribution is 2.15. The lowest BCUT2D eigenvalue weighted by Gasteiger charge is -1.98. The number of aromatic nitrogens is 2. The molecule has 4 nitrogen and oxygen atoms in total. The van der Waals surface area contributed by atoms with E-state index in [9.17, 15) is 4.79 Å². The normalized spacial score (nSPS) is 9.92. The van der Waals surface area contributed by atoms with Gasteiger partial charge in [0.2, 0.25) is 0 Å². The fourth-order valence-electron chi connectivity index (χ4n) is 0.659. The van der Waals surface area contributed by atoms with Crippen molar-refractivity contribution in [2.45, 2.75) is 0 Å². The number of nitrogens with two attached hydrogens (primary N) is 1. The topological polar surface area (TPSA) is 68.9 Å². The maximum Gasteiger partial charge on any atom is 0.179 e. The van der Waals surface area contributed by atoms with E-state index in [1.54, 1.807) is 0 Å². The Morgan fingerprint density at radius 3 is 2.75 bits per heavy atom. The van der Waals surface area contributed by atoms with E-state index in [1.807, 2.05) is 0 Å². The Bertz CT molecular complexity index is 316. The van der Waals surface area contributed by atoms with Gasteiger partial charge in [0.15, 0.2) is 16.1 Å². The number of ketones is 1. The van der Waals surface area contributed by atoms with Crippen molar-refractivity contribution < 1.29 is 4.79 Å². The molecule has 2 N–H and O–H groups in total. The number of Topliss-reactive ketones (excluding diaryl/α,β-unsaturated/α-hetero) is 1. The van der Waals surface area contributed by atoms with Gasteiger partial charge in [0.05, 0.1) is 12.1 Å². The summed E-state index contributed by atoms with van der Waals surface area (Å²) in [6.07, 6.45) is 0. The first kappa shape index (κ1) is 9.38. The third-order valence-electron chi connectivity index (χ3n) is 1.20. The first-order valence-corrected chi connectivity index (χ1v) is 3.82. The van der Waals surface area contributed by atoms with Crippen LogP contribution in [-0.4, -0.2) is 22.5 Å². The largest absolute Gasteiger partial charge is 0.324 e. The van der Waals surface area contributed by atoms with Crippen LogP contribution in [0.25, 0.3) is 0 Å². The van der Waals surface area contributed by atoms with Gasteiger partial charge in [-0.05, 0) is 6.07 Å². The quantitative estimate of drug-likeness (QED) is 0.730. The summed E-state index contributed by atoms with van der Waals surface area (Å²) >= 11 is 11.1. The molecule has 0 bridgehead atoms. The van der Waals surface area contributed by atoms with Crippen molar-refractivity contribution in [3.63, 3.8) is 0 Å². The number of rotatable bonds is 2. The van der Waals surface area contributed by atoms with Gasteiger partial charge >= 0.3 is 0 Å². The van der Waals surface area contributed by atoms with Gasteiger partial charge in [-0.15, -0.1) is 10.2 Å². The smallest absolute Gasteiger partial charge is 0.179 e. The van der Waals surface area contributed by atoms with Crippen molar-refractivity contribution in [2.24, 2.45) is 5.73 Å². The molecule has 0 aliphatic carbocycles. The van der Waals surface area contributed by atoms with E-state index in [0.717, 1.165) is 0 Å². The summed E-state index contributed by atoms with van der Waals surface area (Å²) in [6.45, 7) is -0.123. The van der Waals surface area contributed by atoms with Gasteiger partial charge in [0.1, 0.15) is 0 Å². The lowest BCUT2D eigenvalue weighted by Crippen LogP contribution is -2.14. The van der Waals surface area contributed by atoms with Crippen molar-refractivity contribution in [1.82, 2.24) is 10.2 Å². The molecule has 0 spiro atoms. The van der Waals surface area contributed by atoms with Gasteiger partial charge in [-0.2, -0.15) is 0 Å². The van der Waals surface area contributed by atoms with Crippen LogP contribution in [0, 0.1) is 0 Å². The molecule has 0 radical (unpaired) electrons. The minimum absolute atomic E-state index is 0.0230. The molecule has 12 heavy (non-hydrogen) atoms. The van der Waals surface area contributed by atoms with Crippen molar-refractivity contribution in [2.75, 3.05) is 6.54 Å². The number of carbonyl (C=O) groups is 1. The predicted octanol–water partition coefficient (Wildman–Crippen LogP) is 0.925. The number of hydrogen-bond donors (Lipinski definition) is 1. The molecule has 0 saturated heterocycles. The van der Waals surface area contributed by atoms with Crippen molar-refractivity contribution in [3.05, 3.63) is 21.9 Å². The highest BCUT2D eigenvalue weighted by atomic mass is 35.5. The van der Waals surface area contributed by atoms with Gasteiger partial charge in [0.25, 0.3) is 0 Å². The van der Waals surface area contributed by atoms with Gasteiger partial charge in [0, 0.05) is 0 Å². The van der Waals surface area contributed by atoms with Crippen LogP contribution >= 0.6 is 23.2 Å². The highest BCUT2D eigenvalue weighted by molar-refractivity contribution is 6.34. The monoisotopic (exact) mass is 205 g/mol. The molecule has 0 unspecified atom stereocenters. The molecular formula is C6H5Cl2N3O. The average molecular weight is 206 g/mol. The van der Waals surface area contributed by atoms with E-state index < -0.39 is 0 Å². The number of carbonyl (C=O) groups excluding carboxylic acids is 1. The van der Waals surface area contributed by atoms with Crippen LogP contribution < -0.4 is 5.73 Å². The maximum atomic E-state index is 11.1. The number of halogens is 2. The van der Waals surface area contributed by atoms with Crippen molar-refractivity contribution in [1.29, 1.82) is 0 Å². The van der Waals surface area contributed by atoms with Crippen LogP contribution in [0.4, 0.5) is 0 Å². The predicted molar refractivity (Wildman–Crippen MR) is 45.4 cm³/mol. The fraction of sp³-hybridized carbons (Fsp3) is 0.167. The minimum atomic E-state index is -0.309. The number of nitrogens with zero attached hydrogens (tertiary/aromatic N) is 2. The van der Waals surface area contributed by atoms with Crippen LogP contribution in [-0.2, 0) is 0 Å². The molecule has 0 saturated carbocycles. The molecule has 0 aliphatic heterocycles. The van der Waals surface area contributed by atoms with Gasteiger partial charge in [-0.25, -0.2) is 0 Å². The molecule has 1 heterocycles. The van der Waals surface area contributed by atoms with Crippen LogP contribution in [0.15, 0.2) is 6.07 Å². The Kier molecular flexibility index (Phi) is 2.97. The van der Waals surface area contributed by atoms with Crippen molar-refractivity contribution in [3.8, 4) is 0 Å². The Hall–Kier alpha value is -0.710. The summed E-state index contributed by atoms with van der Waals surface area (Å²) in [6, 6.07) is 1.34. The number of hydrogen-bond acceptors (Lipinski definition) is 4. The summed E-state index contributed by atoms with van der Waals surface area (Å²) in [5.41, 5.74) is 5.33. The lowest BCUT2D eigenvalue weighted by molar-refractivity contribution is 0.100. The minimum Gasteiger partial charge on any atom is -0.324 e. The Morgan fingerprint density at radius 1 is 1.50 bits per heavy atom. The second-order valence-corrected chi connectivity index (χ2v) is 2.74. The van der Waals surface area contributed by atoms with Crippen LogP contribution in [0.2, 0.25) is 10.3 Å². The second-order valence-electron chi connectivity index (χ2n) is 2.00. The van der Waals surface area contributed by atoms with Gasteiger partial charge in [-0.3, -0.25) is 4.79 Å². The molecule has 0 atom stereocenters. The Labute approximate surface area is 78.7 Å². The third kappa shape index (κ3) is 1.91. The van der Waals surface area contributed by atoms with Crippen LogP contribution in [0.3, 0.4) is 0 Å². The first-order chi connectivity index (χ1) is 5.65. The Balaban J connectivity index is 3.13. The van der Waals surface area contributed by atoms with Crippen LogP contribution in [0.5, 0.6) is 0 Å². The van der Waals surface area contributed by atoms with Gasteiger partial charge in [-0.1, -0.05) is 23.2 Å². The summed E-state index contributed by atoms with van der Waals surface area (Å²) in [5.74, 6) is -0.309. The zero-order valence-corrected chi connectivity index (χ0v) is 7.43. The third-order valence-corrected chi connectivity index (χ3v) is 1.67. The Morgan fingerprint density at radius 2 is 2.17 bits per heavy atom. The molecule has 6 heteroatoms. The summed E-state index contributed by atoms with van der Waals surface area (Å²) in [5, 5.41) is 7.05. The molecule has 64 valence electrons. The molecule has 1 aromatic heterocycles. The van der Waals surface area contributed by atoms with E-state index >= 15 is 0 Å². The molecule has 0 amide bonds. The van der Waals surface area contributed by atoms with E-state index in [4.69, 9.17) is 28.9 Å². The zero-order valence-electron chi connectivity index (χ0n) is 5.92. The molecule has 0 aromatic carbocycles. The summed E-state index contributed by atoms with van der Waals surface area (Å²) in [4.78, 5) is 11.1. The molecular weight excluding hydrogens is 201 g/mol. The maximum absolute atomic E-state index is 11.1. The van der Waals surface area contributed by atoms with E-state index in [1.165, 1.54) is 6.07 Å². The summed E-state index contributed by atoms with van der Waals surface area (Å²) < 4.78 is 0. The fourth-order valence-corrected chi connectivity index (χ4v) is 1.00. The SMILES string of the molecule is NCC(=O)c1cc(Cl)nnc1Cl. The zero-order chi connectivity index (χ0) is 9.14. The standard InChI is InChI=1S/C6H5Cl2N3O/c7-5-1-3(4(12)2-9)6(8)11-10-5/h1H,2,9H2. The highest BCUT2D eigenvalue weighted by Gasteiger charge is 2.10. The van der Waals surface area contributed by atoms with E-state index in [-0.39, 0.29) is 28.2 Å². The average Bonchev–Trinajstić information content (AvgIpc) is 2.08. The van der Waals surface area contributed by atoms with Gasteiger partial charge < -0.3 is 5.73 Å². The van der Waals surface area contributed by atoms with E-state index in [2.05, 4.69) is 10.2 Å².